The minimum absolute atomic E-state index is 0.0259. The zero-order valence-corrected chi connectivity index (χ0v) is 23.3. The number of hydrogen-bond acceptors (Lipinski definition) is 7. The summed E-state index contributed by atoms with van der Waals surface area (Å²) >= 11 is 0. The maximum absolute atomic E-state index is 13.0. The van der Waals surface area contributed by atoms with Gasteiger partial charge in [-0.2, -0.15) is 13.2 Å². The first-order valence-corrected chi connectivity index (χ1v) is 15.0. The Labute approximate surface area is 239 Å². The molecule has 0 radical (unpaired) electrons. The summed E-state index contributed by atoms with van der Waals surface area (Å²) in [6, 6.07) is 18.2. The molecule has 1 amide bonds. The van der Waals surface area contributed by atoms with Gasteiger partial charge >= 0.3 is 12.1 Å². The molecule has 1 atom stereocenters. The number of nitrogens with one attached hydrogen (secondary N) is 3. The highest BCUT2D eigenvalue weighted by molar-refractivity contribution is 7.89. The van der Waals surface area contributed by atoms with Gasteiger partial charge < -0.3 is 16.2 Å². The molecular formula is C25H26F3N5O7S2. The number of carbonyl (C=O) groups is 2. The molecule has 0 spiro atoms. The lowest BCUT2D eigenvalue weighted by Crippen LogP contribution is -2.44. The topological polar surface area (TPSA) is 223 Å². The quantitative estimate of drug-likeness (QED) is 0.151. The fourth-order valence-electron chi connectivity index (χ4n) is 3.46. The van der Waals surface area contributed by atoms with Crippen molar-refractivity contribution in [3.05, 3.63) is 83.9 Å². The molecule has 0 bridgehead atoms. The van der Waals surface area contributed by atoms with Crippen LogP contribution in [0.1, 0.15) is 11.1 Å². The van der Waals surface area contributed by atoms with E-state index in [-0.39, 0.29) is 17.2 Å². The number of alkyl halides is 3. The molecule has 0 saturated carbocycles. The van der Waals surface area contributed by atoms with E-state index >= 15 is 0 Å². The van der Waals surface area contributed by atoms with Gasteiger partial charge in [-0.1, -0.05) is 48.5 Å². The standard InChI is InChI=1S/C23H25N5O5S2.C2HF3O2/c1-34(30,31)28-20(14-15-5-4-6-17(13-15)22(24)25)23(29)27-18-11-9-16(10-12-18)19-7-2-3-8-21(19)35(26,32)33;3-2(4,5)1(6)7/h2-13,20,28H,14H2,1H3,(H3,24,25)(H,27,29)(H2,26,32,33);(H,6,7)/t20-;/m0./s1. The zero-order valence-electron chi connectivity index (χ0n) is 21.7. The number of rotatable bonds is 9. The predicted molar refractivity (Wildman–Crippen MR) is 149 cm³/mol. The van der Waals surface area contributed by atoms with Crippen LogP contribution in [0.15, 0.2) is 77.7 Å². The lowest BCUT2D eigenvalue weighted by molar-refractivity contribution is -0.192. The van der Waals surface area contributed by atoms with Crippen LogP contribution < -0.4 is 20.9 Å². The third-order valence-electron chi connectivity index (χ3n) is 5.25. The van der Waals surface area contributed by atoms with E-state index in [1.54, 1.807) is 66.7 Å². The van der Waals surface area contributed by atoms with Crippen LogP contribution in [0.5, 0.6) is 0 Å². The van der Waals surface area contributed by atoms with Crippen LogP contribution in [-0.4, -0.2) is 58.1 Å². The second-order valence-corrected chi connectivity index (χ2v) is 12.0. The molecule has 0 aliphatic carbocycles. The average Bonchev–Trinajstić information content (AvgIpc) is 2.87. The van der Waals surface area contributed by atoms with Crippen molar-refractivity contribution in [1.29, 1.82) is 5.41 Å². The maximum atomic E-state index is 13.0. The molecule has 0 unspecified atom stereocenters. The number of primary sulfonamides is 1. The van der Waals surface area contributed by atoms with E-state index in [9.17, 15) is 34.8 Å². The van der Waals surface area contributed by atoms with Gasteiger partial charge in [0, 0.05) is 16.8 Å². The van der Waals surface area contributed by atoms with Crippen molar-refractivity contribution in [3.8, 4) is 11.1 Å². The number of carbonyl (C=O) groups excluding carboxylic acids is 1. The van der Waals surface area contributed by atoms with Crippen molar-refractivity contribution in [1.82, 2.24) is 4.72 Å². The molecule has 0 saturated heterocycles. The van der Waals surface area contributed by atoms with Crippen molar-refractivity contribution in [2.24, 2.45) is 10.9 Å². The summed E-state index contributed by atoms with van der Waals surface area (Å²) in [4.78, 5) is 21.8. The second-order valence-electron chi connectivity index (χ2n) is 8.67. The molecule has 0 heterocycles. The number of hydrogen-bond donors (Lipinski definition) is 6. The first kappa shape index (κ1) is 33.9. The van der Waals surface area contributed by atoms with E-state index in [1.165, 1.54) is 6.07 Å². The number of nitrogens with two attached hydrogens (primary N) is 2. The van der Waals surface area contributed by atoms with Crippen LogP contribution >= 0.6 is 0 Å². The molecule has 0 aromatic heterocycles. The van der Waals surface area contributed by atoms with Crippen molar-refractivity contribution in [2.45, 2.75) is 23.5 Å². The SMILES string of the molecule is CS(=O)(=O)N[C@@H](Cc1cccc(C(=N)N)c1)C(=O)Nc1ccc(-c2ccccc2S(N)(=O)=O)cc1.O=C(O)C(F)(F)F. The molecule has 17 heteroatoms. The highest BCUT2D eigenvalue weighted by Crippen LogP contribution is 2.27. The molecule has 0 aliphatic heterocycles. The van der Waals surface area contributed by atoms with Gasteiger partial charge in [0.15, 0.2) is 0 Å². The average molecular weight is 630 g/mol. The Morgan fingerprint density at radius 1 is 0.976 bits per heavy atom. The molecule has 0 fully saturated rings. The van der Waals surface area contributed by atoms with E-state index in [2.05, 4.69) is 10.0 Å². The van der Waals surface area contributed by atoms with Crippen LogP contribution in [0.2, 0.25) is 0 Å². The third kappa shape index (κ3) is 10.6. The number of sulfonamides is 2. The van der Waals surface area contributed by atoms with Gasteiger partial charge in [0.05, 0.1) is 11.2 Å². The smallest absolute Gasteiger partial charge is 0.475 e. The maximum Gasteiger partial charge on any atom is 0.490 e. The number of carboxylic acids is 1. The van der Waals surface area contributed by atoms with E-state index < -0.39 is 44.1 Å². The minimum atomic E-state index is -5.08. The number of anilines is 1. The monoisotopic (exact) mass is 629 g/mol. The van der Waals surface area contributed by atoms with Crippen molar-refractivity contribution >= 4 is 43.4 Å². The molecule has 8 N–H and O–H groups in total. The number of carboxylic acid groups (broad SMARTS) is 1. The van der Waals surface area contributed by atoms with Crippen LogP contribution in [0.3, 0.4) is 0 Å². The van der Waals surface area contributed by atoms with Gasteiger partial charge in [-0.25, -0.2) is 31.5 Å². The summed E-state index contributed by atoms with van der Waals surface area (Å²) < 4.78 is 81.6. The zero-order chi connectivity index (χ0) is 31.9. The van der Waals surface area contributed by atoms with Gasteiger partial charge in [-0.05, 0) is 41.8 Å². The number of benzene rings is 3. The van der Waals surface area contributed by atoms with E-state index in [1.807, 2.05) is 0 Å². The molecular weight excluding hydrogens is 603 g/mol. The molecule has 3 aromatic carbocycles. The predicted octanol–water partition coefficient (Wildman–Crippen LogP) is 2.02. The Balaban J connectivity index is 0.000000782. The summed E-state index contributed by atoms with van der Waals surface area (Å²) in [5.41, 5.74) is 7.95. The van der Waals surface area contributed by atoms with Crippen LogP contribution in [0, 0.1) is 5.41 Å². The fourth-order valence-corrected chi connectivity index (χ4v) is 4.93. The first-order valence-electron chi connectivity index (χ1n) is 11.5. The van der Waals surface area contributed by atoms with Crippen molar-refractivity contribution in [3.63, 3.8) is 0 Å². The van der Waals surface area contributed by atoms with Gasteiger partial charge in [0.1, 0.15) is 11.9 Å². The van der Waals surface area contributed by atoms with Crippen LogP contribution in [0.25, 0.3) is 11.1 Å². The molecule has 226 valence electrons. The Morgan fingerprint density at radius 2 is 1.55 bits per heavy atom. The molecule has 12 nitrogen and oxygen atoms in total. The normalized spacial score (nSPS) is 12.4. The lowest BCUT2D eigenvalue weighted by Gasteiger charge is -2.18. The Hall–Kier alpha value is -4.32. The van der Waals surface area contributed by atoms with Gasteiger partial charge in [-0.3, -0.25) is 10.2 Å². The van der Waals surface area contributed by atoms with Crippen LogP contribution in [0.4, 0.5) is 18.9 Å². The third-order valence-corrected chi connectivity index (χ3v) is 6.93. The Morgan fingerprint density at radius 3 is 2.05 bits per heavy atom. The second kappa shape index (κ2) is 13.6. The lowest BCUT2D eigenvalue weighted by atomic mass is 10.0. The molecule has 0 aliphatic rings. The van der Waals surface area contributed by atoms with Gasteiger partial charge in [0.2, 0.25) is 26.0 Å². The number of amides is 1. The Kier molecular flexibility index (Phi) is 10.9. The van der Waals surface area contributed by atoms with Gasteiger partial charge in [0.25, 0.3) is 0 Å². The highest BCUT2D eigenvalue weighted by Gasteiger charge is 2.38. The van der Waals surface area contributed by atoms with Crippen LogP contribution in [-0.2, 0) is 36.1 Å². The summed E-state index contributed by atoms with van der Waals surface area (Å²) in [5.74, 6) is -3.50. The Bertz CT molecular complexity index is 1680. The van der Waals surface area contributed by atoms with E-state index in [0.29, 0.717) is 27.9 Å². The molecule has 3 aromatic rings. The largest absolute Gasteiger partial charge is 0.490 e. The van der Waals surface area contributed by atoms with E-state index in [4.69, 9.17) is 26.2 Å². The van der Waals surface area contributed by atoms with E-state index in [0.717, 1.165) is 6.26 Å². The van der Waals surface area contributed by atoms with Crippen molar-refractivity contribution < 1.29 is 44.7 Å². The summed E-state index contributed by atoms with van der Waals surface area (Å²) in [6.07, 6.45) is -4.10. The number of nitrogen functional groups attached to an aromatic ring is 1. The molecule has 42 heavy (non-hydrogen) atoms. The summed E-state index contributed by atoms with van der Waals surface area (Å²) in [6.45, 7) is 0. The van der Waals surface area contributed by atoms with Crippen molar-refractivity contribution in [2.75, 3.05) is 11.6 Å². The number of amidine groups is 1. The number of halogens is 3. The first-order chi connectivity index (χ1) is 19.3. The minimum Gasteiger partial charge on any atom is -0.475 e. The highest BCUT2D eigenvalue weighted by atomic mass is 32.2. The summed E-state index contributed by atoms with van der Waals surface area (Å²) in [5, 5.41) is 22.7. The molecule has 3 rings (SSSR count). The van der Waals surface area contributed by atoms with Gasteiger partial charge in [-0.15, -0.1) is 0 Å². The summed E-state index contributed by atoms with van der Waals surface area (Å²) in [7, 11) is -7.65. The fraction of sp³-hybridized carbons (Fsp3) is 0.160. The number of aliphatic carboxylic acids is 1.